The molecule has 0 unspecified atom stereocenters. The van der Waals surface area contributed by atoms with Crippen molar-refractivity contribution in [2.75, 3.05) is 0 Å². The van der Waals surface area contributed by atoms with Crippen molar-refractivity contribution in [2.45, 2.75) is 26.4 Å². The van der Waals surface area contributed by atoms with Crippen LogP contribution in [-0.2, 0) is 5.60 Å². The van der Waals surface area contributed by atoms with Crippen molar-refractivity contribution in [3.63, 3.8) is 0 Å². The second-order valence-electron chi connectivity index (χ2n) is 6.05. The Balaban J connectivity index is 2.33. The zero-order valence-electron chi connectivity index (χ0n) is 13.2. The van der Waals surface area contributed by atoms with Crippen LogP contribution in [0.4, 0.5) is 4.39 Å². The highest BCUT2D eigenvalue weighted by atomic mass is 35.5. The number of rotatable bonds is 2. The van der Waals surface area contributed by atoms with E-state index in [1.54, 1.807) is 19.9 Å². The topological polar surface area (TPSA) is 58.9 Å². The highest BCUT2D eigenvalue weighted by Crippen LogP contribution is 2.34. The summed E-state index contributed by atoms with van der Waals surface area (Å²) in [5.74, 6) is -0.501. The third kappa shape index (κ3) is 2.95. The molecule has 1 aromatic carbocycles. The van der Waals surface area contributed by atoms with Gasteiger partial charge in [0.1, 0.15) is 11.3 Å². The number of hydrogen-bond acceptors (Lipinski definition) is 4. The van der Waals surface area contributed by atoms with Gasteiger partial charge < -0.3 is 5.11 Å². The predicted octanol–water partition coefficient (Wildman–Crippen LogP) is 4.67. The first-order valence-corrected chi connectivity index (χ1v) is 7.94. The van der Waals surface area contributed by atoms with E-state index in [4.69, 9.17) is 23.2 Å². The summed E-state index contributed by atoms with van der Waals surface area (Å²) >= 11 is 11.9. The van der Waals surface area contributed by atoms with Crippen LogP contribution in [-0.4, -0.2) is 20.1 Å². The SMILES string of the molecule is Cc1c(C(C)(C)O)cnc2c(F)cc(-c3nc(Cl)ncc3Cl)cc12. The number of aliphatic hydroxyl groups is 1. The Morgan fingerprint density at radius 1 is 1.12 bits per heavy atom. The second-order valence-corrected chi connectivity index (χ2v) is 6.79. The molecule has 0 atom stereocenters. The van der Waals surface area contributed by atoms with E-state index in [-0.39, 0.29) is 15.8 Å². The summed E-state index contributed by atoms with van der Waals surface area (Å²) < 4.78 is 14.5. The molecule has 124 valence electrons. The molecule has 1 N–H and O–H groups in total. The summed E-state index contributed by atoms with van der Waals surface area (Å²) in [4.78, 5) is 12.0. The maximum absolute atomic E-state index is 14.5. The van der Waals surface area contributed by atoms with Gasteiger partial charge in [0.05, 0.1) is 22.5 Å². The standard InChI is InChI=1S/C17H14Cl2FN3O/c1-8-10-4-9(14-12(18)7-22-16(19)23-14)5-13(20)15(10)21-6-11(8)17(2,3)24/h4-7,24H,1-3H3. The number of hydrogen-bond donors (Lipinski definition) is 1. The molecule has 24 heavy (non-hydrogen) atoms. The number of benzene rings is 1. The van der Waals surface area contributed by atoms with E-state index in [2.05, 4.69) is 15.0 Å². The van der Waals surface area contributed by atoms with Crippen LogP contribution in [0.2, 0.25) is 10.3 Å². The van der Waals surface area contributed by atoms with Crippen LogP contribution >= 0.6 is 23.2 Å². The molecule has 3 aromatic rings. The lowest BCUT2D eigenvalue weighted by Crippen LogP contribution is -2.17. The second kappa shape index (κ2) is 5.92. The van der Waals surface area contributed by atoms with E-state index in [0.717, 1.165) is 5.56 Å². The number of aromatic nitrogens is 3. The van der Waals surface area contributed by atoms with E-state index in [0.29, 0.717) is 22.2 Å². The largest absolute Gasteiger partial charge is 0.386 e. The third-order valence-corrected chi connectivity index (χ3v) is 4.30. The molecular weight excluding hydrogens is 352 g/mol. The van der Waals surface area contributed by atoms with Gasteiger partial charge in [-0.05, 0) is 50.1 Å². The summed E-state index contributed by atoms with van der Waals surface area (Å²) in [6, 6.07) is 3.05. The molecular formula is C17H14Cl2FN3O. The van der Waals surface area contributed by atoms with Crippen molar-refractivity contribution in [1.82, 2.24) is 15.0 Å². The smallest absolute Gasteiger partial charge is 0.222 e. The van der Waals surface area contributed by atoms with Gasteiger partial charge in [-0.25, -0.2) is 14.4 Å². The van der Waals surface area contributed by atoms with Gasteiger partial charge in [-0.3, -0.25) is 4.98 Å². The first-order chi connectivity index (χ1) is 11.2. The Kier molecular flexibility index (Phi) is 4.20. The van der Waals surface area contributed by atoms with Crippen molar-refractivity contribution in [3.8, 4) is 11.3 Å². The van der Waals surface area contributed by atoms with E-state index in [9.17, 15) is 9.50 Å². The van der Waals surface area contributed by atoms with Gasteiger partial charge in [0, 0.05) is 22.7 Å². The molecule has 0 spiro atoms. The minimum Gasteiger partial charge on any atom is -0.386 e. The van der Waals surface area contributed by atoms with Crippen LogP contribution in [0.1, 0.15) is 25.0 Å². The number of fused-ring (bicyclic) bond motifs is 1. The van der Waals surface area contributed by atoms with Crippen LogP contribution in [0.3, 0.4) is 0 Å². The van der Waals surface area contributed by atoms with Gasteiger partial charge in [-0.1, -0.05) is 11.6 Å². The van der Waals surface area contributed by atoms with Crippen molar-refractivity contribution in [1.29, 1.82) is 0 Å². The fourth-order valence-electron chi connectivity index (χ4n) is 2.69. The van der Waals surface area contributed by atoms with E-state index in [1.165, 1.54) is 18.5 Å². The minimum absolute atomic E-state index is 0.0231. The first kappa shape index (κ1) is 17.0. The third-order valence-electron chi connectivity index (χ3n) is 3.84. The molecule has 4 nitrogen and oxygen atoms in total. The van der Waals surface area contributed by atoms with E-state index < -0.39 is 11.4 Å². The zero-order chi connectivity index (χ0) is 17.6. The van der Waals surface area contributed by atoms with Crippen LogP contribution in [0.5, 0.6) is 0 Å². The Morgan fingerprint density at radius 3 is 2.50 bits per heavy atom. The molecule has 0 saturated carbocycles. The molecule has 0 aliphatic heterocycles. The molecule has 0 aliphatic rings. The molecule has 0 fully saturated rings. The normalized spacial score (nSPS) is 12.0. The van der Waals surface area contributed by atoms with Crippen molar-refractivity contribution < 1.29 is 9.50 Å². The monoisotopic (exact) mass is 365 g/mol. The van der Waals surface area contributed by atoms with Crippen molar-refractivity contribution in [2.24, 2.45) is 0 Å². The number of aryl methyl sites for hydroxylation is 1. The van der Waals surface area contributed by atoms with Gasteiger partial charge in [0.25, 0.3) is 0 Å². The van der Waals surface area contributed by atoms with Gasteiger partial charge >= 0.3 is 0 Å². The highest BCUT2D eigenvalue weighted by Gasteiger charge is 2.22. The molecule has 2 heterocycles. The minimum atomic E-state index is -1.09. The Bertz CT molecular complexity index is 955. The zero-order valence-corrected chi connectivity index (χ0v) is 14.7. The van der Waals surface area contributed by atoms with Gasteiger partial charge in [-0.15, -0.1) is 0 Å². The molecule has 3 rings (SSSR count). The lowest BCUT2D eigenvalue weighted by atomic mass is 9.92. The maximum atomic E-state index is 14.5. The highest BCUT2D eigenvalue weighted by molar-refractivity contribution is 6.33. The summed E-state index contributed by atoms with van der Waals surface area (Å²) in [5, 5.41) is 11.1. The maximum Gasteiger partial charge on any atom is 0.222 e. The lowest BCUT2D eigenvalue weighted by Gasteiger charge is -2.21. The quantitative estimate of drug-likeness (QED) is 0.670. The average Bonchev–Trinajstić information content (AvgIpc) is 2.49. The van der Waals surface area contributed by atoms with Crippen molar-refractivity contribution in [3.05, 3.63) is 51.8 Å². The Morgan fingerprint density at radius 2 is 1.83 bits per heavy atom. The number of nitrogens with zero attached hydrogens (tertiary/aromatic N) is 3. The fraction of sp³-hybridized carbons (Fsp3) is 0.235. The molecule has 7 heteroatoms. The average molecular weight is 366 g/mol. The van der Waals surface area contributed by atoms with Gasteiger partial charge in [0.2, 0.25) is 5.28 Å². The summed E-state index contributed by atoms with van der Waals surface area (Å²) in [6.07, 6.45) is 2.86. The lowest BCUT2D eigenvalue weighted by molar-refractivity contribution is 0.0777. The molecule has 2 aromatic heterocycles. The number of pyridine rings is 1. The van der Waals surface area contributed by atoms with Gasteiger partial charge in [0.15, 0.2) is 0 Å². The molecule has 0 saturated heterocycles. The van der Waals surface area contributed by atoms with Crippen LogP contribution < -0.4 is 0 Å². The van der Waals surface area contributed by atoms with Gasteiger partial charge in [-0.2, -0.15) is 0 Å². The number of halogens is 3. The summed E-state index contributed by atoms with van der Waals surface area (Å²) in [6.45, 7) is 5.13. The fourth-order valence-corrected chi connectivity index (χ4v) is 3.02. The van der Waals surface area contributed by atoms with E-state index in [1.807, 2.05) is 6.92 Å². The van der Waals surface area contributed by atoms with Crippen LogP contribution in [0, 0.1) is 12.7 Å². The van der Waals surface area contributed by atoms with E-state index >= 15 is 0 Å². The molecule has 0 bridgehead atoms. The first-order valence-electron chi connectivity index (χ1n) is 7.18. The van der Waals surface area contributed by atoms with Crippen LogP contribution in [0.25, 0.3) is 22.2 Å². The summed E-state index contributed by atoms with van der Waals surface area (Å²) in [5.41, 5.74) is 1.30. The van der Waals surface area contributed by atoms with Crippen molar-refractivity contribution >= 4 is 34.1 Å². The molecule has 0 amide bonds. The Labute approximate surface area is 148 Å². The summed E-state index contributed by atoms with van der Waals surface area (Å²) in [7, 11) is 0. The van der Waals surface area contributed by atoms with Crippen LogP contribution in [0.15, 0.2) is 24.5 Å². The molecule has 0 radical (unpaired) electrons. The predicted molar refractivity (Wildman–Crippen MR) is 92.7 cm³/mol. The molecule has 0 aliphatic carbocycles. The Hall–Kier alpha value is -1.82.